The highest BCUT2D eigenvalue weighted by Gasteiger charge is 2.23. The zero-order valence-corrected chi connectivity index (χ0v) is 14.2. The molecule has 2 heterocycles. The first kappa shape index (κ1) is 16.2. The van der Waals surface area contributed by atoms with Crippen LogP contribution in [0.1, 0.15) is 41.5 Å². The van der Waals surface area contributed by atoms with Crippen LogP contribution >= 0.6 is 0 Å². The van der Waals surface area contributed by atoms with E-state index in [1.165, 1.54) is 0 Å². The molecule has 0 aliphatic rings. The Kier molecular flexibility index (Phi) is 4.60. The van der Waals surface area contributed by atoms with Crippen molar-refractivity contribution in [1.29, 1.82) is 0 Å². The van der Waals surface area contributed by atoms with E-state index >= 15 is 0 Å². The molecule has 5 heteroatoms. The van der Waals surface area contributed by atoms with Crippen molar-refractivity contribution in [3.8, 4) is 0 Å². The molecule has 1 amide bonds. The highest BCUT2D eigenvalue weighted by Crippen LogP contribution is 2.25. The van der Waals surface area contributed by atoms with E-state index in [0.29, 0.717) is 28.9 Å². The Morgan fingerprint density at radius 1 is 1.21 bits per heavy atom. The molecule has 0 aliphatic carbocycles. The maximum absolute atomic E-state index is 13.3. The SMILES string of the molecule is CCCCN(C(=O)c1cc(C)nc2onc(C)c12)c1ccccc1. The van der Waals surface area contributed by atoms with Crippen molar-refractivity contribution in [2.45, 2.75) is 33.6 Å². The number of hydrogen-bond acceptors (Lipinski definition) is 4. The third kappa shape index (κ3) is 3.02. The Bertz CT molecular complexity index is 856. The van der Waals surface area contributed by atoms with Crippen molar-refractivity contribution in [3.05, 3.63) is 53.3 Å². The number of fused-ring (bicyclic) bond motifs is 1. The molecule has 2 aromatic heterocycles. The summed E-state index contributed by atoms with van der Waals surface area (Å²) in [6.07, 6.45) is 1.96. The second-order valence-electron chi connectivity index (χ2n) is 5.91. The van der Waals surface area contributed by atoms with Gasteiger partial charge < -0.3 is 9.42 Å². The van der Waals surface area contributed by atoms with E-state index < -0.39 is 0 Å². The van der Waals surface area contributed by atoms with Gasteiger partial charge in [0.2, 0.25) is 0 Å². The maximum atomic E-state index is 13.3. The lowest BCUT2D eigenvalue weighted by Crippen LogP contribution is -2.32. The molecule has 0 aliphatic heterocycles. The number of anilines is 1. The molecule has 0 bridgehead atoms. The molecule has 0 saturated heterocycles. The number of para-hydroxylation sites is 1. The van der Waals surface area contributed by atoms with Crippen LogP contribution in [0.15, 0.2) is 40.9 Å². The summed E-state index contributed by atoms with van der Waals surface area (Å²) in [5.41, 5.74) is 3.33. The van der Waals surface area contributed by atoms with Crippen LogP contribution in [0.5, 0.6) is 0 Å². The third-order valence-electron chi connectivity index (χ3n) is 4.02. The first-order valence-corrected chi connectivity index (χ1v) is 8.22. The monoisotopic (exact) mass is 323 g/mol. The molecule has 24 heavy (non-hydrogen) atoms. The van der Waals surface area contributed by atoms with Gasteiger partial charge in [-0.2, -0.15) is 0 Å². The van der Waals surface area contributed by atoms with Crippen LogP contribution in [-0.2, 0) is 0 Å². The molecular formula is C19H21N3O2. The van der Waals surface area contributed by atoms with Gasteiger partial charge in [0.1, 0.15) is 0 Å². The fourth-order valence-corrected chi connectivity index (χ4v) is 2.80. The summed E-state index contributed by atoms with van der Waals surface area (Å²) < 4.78 is 5.26. The number of rotatable bonds is 5. The zero-order chi connectivity index (χ0) is 17.1. The molecule has 1 aromatic carbocycles. The highest BCUT2D eigenvalue weighted by atomic mass is 16.5. The van der Waals surface area contributed by atoms with Gasteiger partial charge in [0.15, 0.2) is 0 Å². The standard InChI is InChI=1S/C19H21N3O2/c1-4-5-11-22(15-9-7-6-8-10-15)19(23)16-12-13(2)20-18-17(16)14(3)21-24-18/h6-10,12H,4-5,11H2,1-3H3. The Labute approximate surface area is 141 Å². The second kappa shape index (κ2) is 6.83. The van der Waals surface area contributed by atoms with Crippen LogP contribution in [0.25, 0.3) is 11.1 Å². The van der Waals surface area contributed by atoms with E-state index in [-0.39, 0.29) is 5.91 Å². The molecule has 0 saturated carbocycles. The van der Waals surface area contributed by atoms with E-state index in [1.54, 1.807) is 0 Å². The third-order valence-corrected chi connectivity index (χ3v) is 4.02. The number of carbonyl (C=O) groups is 1. The Morgan fingerprint density at radius 2 is 1.96 bits per heavy atom. The van der Waals surface area contributed by atoms with E-state index in [1.807, 2.05) is 55.1 Å². The molecule has 0 unspecified atom stereocenters. The quantitative estimate of drug-likeness (QED) is 0.703. The van der Waals surface area contributed by atoms with Gasteiger partial charge >= 0.3 is 0 Å². The minimum absolute atomic E-state index is 0.0450. The van der Waals surface area contributed by atoms with Crippen molar-refractivity contribution in [2.75, 3.05) is 11.4 Å². The number of carbonyl (C=O) groups excluding carboxylic acids is 1. The minimum atomic E-state index is -0.0450. The molecule has 5 nitrogen and oxygen atoms in total. The highest BCUT2D eigenvalue weighted by molar-refractivity contribution is 6.13. The fourth-order valence-electron chi connectivity index (χ4n) is 2.80. The zero-order valence-electron chi connectivity index (χ0n) is 14.2. The first-order valence-electron chi connectivity index (χ1n) is 8.22. The molecule has 3 aromatic rings. The number of benzene rings is 1. The van der Waals surface area contributed by atoms with Crippen molar-refractivity contribution < 1.29 is 9.32 Å². The van der Waals surface area contributed by atoms with Crippen molar-refractivity contribution in [3.63, 3.8) is 0 Å². The summed E-state index contributed by atoms with van der Waals surface area (Å²) >= 11 is 0. The summed E-state index contributed by atoms with van der Waals surface area (Å²) in [4.78, 5) is 19.5. The number of nitrogens with zero attached hydrogens (tertiary/aromatic N) is 3. The van der Waals surface area contributed by atoms with Gasteiger partial charge in [-0.15, -0.1) is 0 Å². The molecule has 3 rings (SSSR count). The fraction of sp³-hybridized carbons (Fsp3) is 0.316. The van der Waals surface area contributed by atoms with Crippen LogP contribution in [0, 0.1) is 13.8 Å². The van der Waals surface area contributed by atoms with Gasteiger partial charge in [0.05, 0.1) is 16.6 Å². The van der Waals surface area contributed by atoms with Crippen LogP contribution in [0.3, 0.4) is 0 Å². The van der Waals surface area contributed by atoms with Gasteiger partial charge in [-0.1, -0.05) is 36.7 Å². The molecule has 0 fully saturated rings. The number of amides is 1. The van der Waals surface area contributed by atoms with Gasteiger partial charge in [0, 0.05) is 17.9 Å². The van der Waals surface area contributed by atoms with Crippen LogP contribution in [-0.4, -0.2) is 22.6 Å². The van der Waals surface area contributed by atoms with E-state index in [9.17, 15) is 4.79 Å². The van der Waals surface area contributed by atoms with Gasteiger partial charge in [-0.25, -0.2) is 4.98 Å². The van der Waals surface area contributed by atoms with Crippen molar-refractivity contribution in [1.82, 2.24) is 10.1 Å². The van der Waals surface area contributed by atoms with Gasteiger partial charge in [-0.3, -0.25) is 4.79 Å². The Hall–Kier alpha value is -2.69. The van der Waals surface area contributed by atoms with Crippen molar-refractivity contribution >= 4 is 22.7 Å². The summed E-state index contributed by atoms with van der Waals surface area (Å²) in [5, 5.41) is 4.66. The molecule has 124 valence electrons. The number of pyridine rings is 1. The summed E-state index contributed by atoms with van der Waals surface area (Å²) in [7, 11) is 0. The maximum Gasteiger partial charge on any atom is 0.259 e. The predicted molar refractivity (Wildman–Crippen MR) is 94.3 cm³/mol. The number of aromatic nitrogens is 2. The number of unbranched alkanes of at least 4 members (excludes halogenated alkanes) is 1. The summed E-state index contributed by atoms with van der Waals surface area (Å²) in [5.74, 6) is -0.0450. The van der Waals surface area contributed by atoms with Crippen LogP contribution in [0.4, 0.5) is 5.69 Å². The molecule has 0 N–H and O–H groups in total. The Morgan fingerprint density at radius 3 is 2.67 bits per heavy atom. The molecule has 0 spiro atoms. The van der Waals surface area contributed by atoms with E-state index in [0.717, 1.165) is 24.2 Å². The lowest BCUT2D eigenvalue weighted by atomic mass is 10.1. The van der Waals surface area contributed by atoms with E-state index in [2.05, 4.69) is 17.1 Å². The predicted octanol–water partition coefficient (Wildman–Crippen LogP) is 4.29. The lowest BCUT2D eigenvalue weighted by molar-refractivity contribution is 0.0988. The molecule has 0 radical (unpaired) electrons. The Balaban J connectivity index is 2.09. The van der Waals surface area contributed by atoms with E-state index in [4.69, 9.17) is 4.52 Å². The average Bonchev–Trinajstić information content (AvgIpc) is 2.96. The largest absolute Gasteiger partial charge is 0.336 e. The molecule has 0 atom stereocenters. The average molecular weight is 323 g/mol. The topological polar surface area (TPSA) is 59.2 Å². The normalized spacial score (nSPS) is 11.0. The van der Waals surface area contributed by atoms with Crippen LogP contribution in [0.2, 0.25) is 0 Å². The number of aryl methyl sites for hydroxylation is 2. The smallest absolute Gasteiger partial charge is 0.259 e. The lowest BCUT2D eigenvalue weighted by Gasteiger charge is -2.23. The minimum Gasteiger partial charge on any atom is -0.336 e. The molecular weight excluding hydrogens is 302 g/mol. The summed E-state index contributed by atoms with van der Waals surface area (Å²) in [6.45, 7) is 6.48. The van der Waals surface area contributed by atoms with Gasteiger partial charge in [-0.05, 0) is 38.5 Å². The van der Waals surface area contributed by atoms with Crippen molar-refractivity contribution in [2.24, 2.45) is 0 Å². The first-order chi connectivity index (χ1) is 11.6. The summed E-state index contributed by atoms with van der Waals surface area (Å²) in [6, 6.07) is 11.6. The van der Waals surface area contributed by atoms with Gasteiger partial charge in [0.25, 0.3) is 11.6 Å². The number of hydrogen-bond donors (Lipinski definition) is 0. The van der Waals surface area contributed by atoms with Crippen LogP contribution < -0.4 is 4.90 Å². The second-order valence-corrected chi connectivity index (χ2v) is 5.91.